The molecule has 0 aliphatic carbocycles. The second-order valence-corrected chi connectivity index (χ2v) is 3.45. The topological polar surface area (TPSA) is 26.3 Å². The van der Waals surface area contributed by atoms with Crippen LogP contribution in [0.3, 0.4) is 0 Å². The Kier molecular flexibility index (Phi) is 4.46. The van der Waals surface area contributed by atoms with Gasteiger partial charge in [0.1, 0.15) is 0 Å². The van der Waals surface area contributed by atoms with Gasteiger partial charge in [-0.1, -0.05) is 0 Å². The van der Waals surface area contributed by atoms with Gasteiger partial charge in [-0.15, -0.1) is 0 Å². The van der Waals surface area contributed by atoms with E-state index >= 15 is 0 Å². The molecule has 0 heterocycles. The average Bonchev–Trinajstić information content (AvgIpc) is 2.26. The van der Waals surface area contributed by atoms with Gasteiger partial charge < -0.3 is 4.74 Å². The van der Waals surface area contributed by atoms with E-state index in [2.05, 4.69) is 4.74 Å². The Bertz CT molecular complexity index is 350. The SMILES string of the molecule is COC(=O)C(F)(F)C(F)(F)C(F)(F)C(F)(F)C(C)F. The molecule has 0 rings (SSSR count). The summed E-state index contributed by atoms with van der Waals surface area (Å²) in [7, 11) is 0.153. The summed E-state index contributed by atoms with van der Waals surface area (Å²) in [5, 5.41) is 0. The van der Waals surface area contributed by atoms with Crippen molar-refractivity contribution < 1.29 is 49.0 Å². The van der Waals surface area contributed by atoms with Crippen LogP contribution in [-0.2, 0) is 9.53 Å². The lowest BCUT2D eigenvalue weighted by Gasteiger charge is -2.35. The van der Waals surface area contributed by atoms with E-state index in [1.54, 1.807) is 0 Å². The lowest BCUT2D eigenvalue weighted by molar-refractivity contribution is -0.368. The Balaban J connectivity index is 5.83. The summed E-state index contributed by atoms with van der Waals surface area (Å²) in [6.45, 7) is -0.222. The Labute approximate surface area is 100 Å². The molecule has 11 heteroatoms. The van der Waals surface area contributed by atoms with Crippen LogP contribution in [0, 0.1) is 0 Å². The molecule has 0 aromatic carbocycles. The largest absolute Gasteiger partial charge is 0.464 e. The molecule has 1 atom stereocenters. The minimum Gasteiger partial charge on any atom is -0.464 e. The van der Waals surface area contributed by atoms with Gasteiger partial charge >= 0.3 is 29.7 Å². The third kappa shape index (κ3) is 2.34. The number of hydrogen-bond donors (Lipinski definition) is 0. The van der Waals surface area contributed by atoms with Gasteiger partial charge in [-0.3, -0.25) is 0 Å². The standard InChI is InChI=1S/C8H7F9O2/c1-3(9)5(10,11)7(14,15)8(16,17)6(12,13)4(18)19-2/h3H,1-2H3. The van der Waals surface area contributed by atoms with E-state index in [0.717, 1.165) is 0 Å². The number of esters is 1. The molecule has 19 heavy (non-hydrogen) atoms. The summed E-state index contributed by atoms with van der Waals surface area (Å²) in [5.74, 6) is -29.2. The molecular formula is C8H7F9O2. The van der Waals surface area contributed by atoms with Crippen molar-refractivity contribution in [3.8, 4) is 0 Å². The predicted octanol–water partition coefficient (Wildman–Crippen LogP) is 3.06. The lowest BCUT2D eigenvalue weighted by atomic mass is 9.96. The van der Waals surface area contributed by atoms with Crippen LogP contribution >= 0.6 is 0 Å². The predicted molar refractivity (Wildman–Crippen MR) is 42.4 cm³/mol. The highest BCUT2D eigenvalue weighted by Crippen LogP contribution is 2.54. The molecular weight excluding hydrogens is 299 g/mol. The van der Waals surface area contributed by atoms with Gasteiger partial charge in [-0.2, -0.15) is 35.1 Å². The van der Waals surface area contributed by atoms with Gasteiger partial charge in [0.15, 0.2) is 6.17 Å². The van der Waals surface area contributed by atoms with Crippen LogP contribution in [0.2, 0.25) is 0 Å². The van der Waals surface area contributed by atoms with Crippen molar-refractivity contribution in [3.05, 3.63) is 0 Å². The third-order valence-electron chi connectivity index (χ3n) is 2.15. The van der Waals surface area contributed by atoms with Gasteiger partial charge in [0.2, 0.25) is 0 Å². The summed E-state index contributed by atoms with van der Waals surface area (Å²) < 4.78 is 117. The number of alkyl halides is 9. The highest BCUT2D eigenvalue weighted by Gasteiger charge is 2.84. The molecule has 0 N–H and O–H groups in total. The lowest BCUT2D eigenvalue weighted by Crippen LogP contribution is -2.66. The Morgan fingerprint density at radius 3 is 1.58 bits per heavy atom. The summed E-state index contributed by atoms with van der Waals surface area (Å²) in [4.78, 5) is 10.3. The quantitative estimate of drug-likeness (QED) is 0.576. The molecule has 0 aromatic heterocycles. The zero-order valence-electron chi connectivity index (χ0n) is 9.30. The van der Waals surface area contributed by atoms with Crippen LogP contribution in [0.5, 0.6) is 0 Å². The monoisotopic (exact) mass is 306 g/mol. The van der Waals surface area contributed by atoms with E-state index < -0.39 is 35.8 Å². The van der Waals surface area contributed by atoms with Crippen LogP contribution in [0.1, 0.15) is 6.92 Å². The van der Waals surface area contributed by atoms with Crippen LogP contribution in [0.25, 0.3) is 0 Å². The molecule has 0 fully saturated rings. The van der Waals surface area contributed by atoms with Crippen LogP contribution < -0.4 is 0 Å². The fourth-order valence-electron chi connectivity index (χ4n) is 0.913. The number of hydrogen-bond acceptors (Lipinski definition) is 2. The summed E-state index contributed by atoms with van der Waals surface area (Å²) in [5.41, 5.74) is 0. The van der Waals surface area contributed by atoms with Gasteiger partial charge in [0, 0.05) is 0 Å². The Morgan fingerprint density at radius 2 is 1.32 bits per heavy atom. The number of ether oxygens (including phenoxy) is 1. The molecule has 1 unspecified atom stereocenters. The number of carbonyl (C=O) groups is 1. The summed E-state index contributed by atoms with van der Waals surface area (Å²) in [6.07, 6.45) is -3.86. The first kappa shape index (κ1) is 17.8. The highest BCUT2D eigenvalue weighted by molar-refractivity contribution is 5.79. The van der Waals surface area contributed by atoms with Crippen LogP contribution in [0.4, 0.5) is 39.5 Å². The zero-order valence-corrected chi connectivity index (χ0v) is 9.30. The second-order valence-electron chi connectivity index (χ2n) is 3.45. The molecule has 0 amide bonds. The van der Waals surface area contributed by atoms with Crippen molar-refractivity contribution in [2.45, 2.75) is 36.8 Å². The van der Waals surface area contributed by atoms with Gasteiger partial charge in [-0.25, -0.2) is 9.18 Å². The van der Waals surface area contributed by atoms with Crippen molar-refractivity contribution >= 4 is 5.97 Å². The first-order valence-corrected chi connectivity index (χ1v) is 4.41. The fraction of sp³-hybridized carbons (Fsp3) is 0.875. The molecule has 0 aliphatic heterocycles. The molecule has 2 nitrogen and oxygen atoms in total. The van der Waals surface area contributed by atoms with Crippen molar-refractivity contribution in [2.75, 3.05) is 7.11 Å². The Hall–Kier alpha value is -1.16. The van der Waals surface area contributed by atoms with Gasteiger partial charge in [-0.05, 0) is 6.92 Å². The number of rotatable bonds is 5. The van der Waals surface area contributed by atoms with E-state index in [1.165, 1.54) is 0 Å². The van der Waals surface area contributed by atoms with Gasteiger partial charge in [0.25, 0.3) is 0 Å². The molecule has 0 aromatic rings. The maximum atomic E-state index is 12.8. The van der Waals surface area contributed by atoms with Crippen molar-refractivity contribution in [2.24, 2.45) is 0 Å². The van der Waals surface area contributed by atoms with Crippen molar-refractivity contribution in [3.63, 3.8) is 0 Å². The molecule has 0 saturated heterocycles. The minimum atomic E-state index is -6.85. The molecule has 114 valence electrons. The van der Waals surface area contributed by atoms with Crippen molar-refractivity contribution in [1.29, 1.82) is 0 Å². The first-order chi connectivity index (χ1) is 8.17. The number of carbonyl (C=O) groups excluding carboxylic acids is 1. The van der Waals surface area contributed by atoms with E-state index in [9.17, 15) is 44.3 Å². The maximum Gasteiger partial charge on any atom is 0.410 e. The first-order valence-electron chi connectivity index (χ1n) is 4.41. The molecule has 0 radical (unpaired) electrons. The Morgan fingerprint density at radius 1 is 0.947 bits per heavy atom. The second kappa shape index (κ2) is 4.75. The highest BCUT2D eigenvalue weighted by atomic mass is 19.4. The molecule has 0 saturated carbocycles. The van der Waals surface area contributed by atoms with Gasteiger partial charge in [0.05, 0.1) is 7.11 Å². The minimum absolute atomic E-state index is 0.153. The number of halogens is 9. The average molecular weight is 306 g/mol. The normalized spacial score (nSPS) is 16.2. The van der Waals surface area contributed by atoms with Crippen LogP contribution in [-0.4, -0.2) is 42.9 Å². The fourth-order valence-corrected chi connectivity index (χ4v) is 0.913. The smallest absolute Gasteiger partial charge is 0.410 e. The summed E-state index contributed by atoms with van der Waals surface area (Å²) in [6, 6.07) is 0. The molecule has 0 aliphatic rings. The van der Waals surface area contributed by atoms with Crippen molar-refractivity contribution in [1.82, 2.24) is 0 Å². The maximum absolute atomic E-state index is 12.8. The van der Waals surface area contributed by atoms with E-state index in [0.29, 0.717) is 0 Å². The third-order valence-corrected chi connectivity index (χ3v) is 2.15. The van der Waals surface area contributed by atoms with E-state index in [-0.39, 0.29) is 14.0 Å². The van der Waals surface area contributed by atoms with Crippen LogP contribution in [0.15, 0.2) is 0 Å². The van der Waals surface area contributed by atoms with E-state index in [4.69, 9.17) is 0 Å². The zero-order chi connectivity index (χ0) is 15.9. The molecule has 0 bridgehead atoms. The summed E-state index contributed by atoms with van der Waals surface area (Å²) >= 11 is 0. The molecule has 0 spiro atoms. The van der Waals surface area contributed by atoms with E-state index in [1.807, 2.05) is 0 Å². The number of methoxy groups -OCH3 is 1.